The lowest BCUT2D eigenvalue weighted by molar-refractivity contribution is 0.356. The number of imidazole rings is 1. The van der Waals surface area contributed by atoms with E-state index < -0.39 is 11.2 Å². The van der Waals surface area contributed by atoms with E-state index in [0.29, 0.717) is 28.6 Å². The molecule has 0 aliphatic rings. The Morgan fingerprint density at radius 1 is 0.969 bits per heavy atom. The van der Waals surface area contributed by atoms with Crippen molar-refractivity contribution in [1.29, 1.82) is 0 Å². The van der Waals surface area contributed by atoms with Crippen LogP contribution in [0.4, 0.5) is 5.69 Å². The van der Waals surface area contributed by atoms with Crippen LogP contribution < -0.4 is 14.4 Å². The molecule has 0 amide bonds. The van der Waals surface area contributed by atoms with Crippen LogP contribution in [0.15, 0.2) is 71.9 Å². The lowest BCUT2D eigenvalue weighted by Crippen LogP contribution is -2.21. The maximum atomic E-state index is 13.9. The van der Waals surface area contributed by atoms with E-state index in [4.69, 9.17) is 9.47 Å². The van der Waals surface area contributed by atoms with Crippen LogP contribution in [0, 0.1) is 0 Å². The van der Waals surface area contributed by atoms with Gasteiger partial charge in [0.1, 0.15) is 0 Å². The quantitative estimate of drug-likeness (QED) is 0.394. The van der Waals surface area contributed by atoms with Gasteiger partial charge in [-0.25, -0.2) is 0 Å². The van der Waals surface area contributed by atoms with Gasteiger partial charge in [0.15, 0.2) is 16.7 Å². The van der Waals surface area contributed by atoms with Crippen LogP contribution in [0.5, 0.6) is 11.5 Å². The average Bonchev–Trinajstić information content (AvgIpc) is 3.24. The molecule has 0 fully saturated rings. The normalized spacial score (nSPS) is 13.0. The summed E-state index contributed by atoms with van der Waals surface area (Å²) in [5, 5.41) is 0.158. The van der Waals surface area contributed by atoms with Crippen LogP contribution >= 0.6 is 0 Å². The first-order valence-electron chi connectivity index (χ1n) is 10.3. The highest BCUT2D eigenvalue weighted by Gasteiger charge is 2.32. The first-order valence-corrected chi connectivity index (χ1v) is 11.6. The van der Waals surface area contributed by atoms with Crippen molar-refractivity contribution in [2.45, 2.75) is 16.8 Å². The van der Waals surface area contributed by atoms with E-state index in [1.54, 1.807) is 20.3 Å². The van der Waals surface area contributed by atoms with Gasteiger partial charge in [0.05, 0.1) is 25.3 Å². The Hall–Kier alpha value is -3.16. The number of hydrogen-bond acceptors (Lipinski definition) is 5. The van der Waals surface area contributed by atoms with Gasteiger partial charge >= 0.3 is 5.16 Å². The molecule has 1 heterocycles. The Kier molecular flexibility index (Phi) is 6.58. The number of aromatic amines is 1. The minimum Gasteiger partial charge on any atom is -0.609 e. The van der Waals surface area contributed by atoms with Gasteiger partial charge < -0.3 is 18.9 Å². The van der Waals surface area contributed by atoms with Crippen LogP contribution in [0.3, 0.4) is 0 Å². The van der Waals surface area contributed by atoms with E-state index in [9.17, 15) is 4.55 Å². The monoisotopic (exact) mass is 449 g/mol. The number of H-pyrrole nitrogens is 1. The number of anilines is 1. The summed E-state index contributed by atoms with van der Waals surface area (Å²) in [6.07, 6.45) is 0.627. The van der Waals surface area contributed by atoms with Gasteiger partial charge in [0.2, 0.25) is 0 Å². The molecule has 0 radical (unpaired) electrons. The van der Waals surface area contributed by atoms with Crippen molar-refractivity contribution in [1.82, 2.24) is 9.97 Å². The number of aromatic nitrogens is 2. The molecular formula is C25H27N3O3S. The molecule has 2 unspecified atom stereocenters. The van der Waals surface area contributed by atoms with E-state index in [1.807, 2.05) is 50.5 Å². The molecule has 3 aromatic carbocycles. The molecule has 1 aromatic heterocycles. The number of methoxy groups -OCH3 is 2. The molecule has 4 aromatic rings. The molecule has 0 spiro atoms. The zero-order valence-electron chi connectivity index (χ0n) is 18.7. The highest BCUT2D eigenvalue weighted by molar-refractivity contribution is 7.91. The summed E-state index contributed by atoms with van der Waals surface area (Å²) in [6, 6.07) is 21.9. The number of fused-ring (bicyclic) bond motifs is 1. The Morgan fingerprint density at radius 2 is 1.62 bits per heavy atom. The molecule has 166 valence electrons. The third-order valence-corrected chi connectivity index (χ3v) is 6.96. The second-order valence-electron chi connectivity index (χ2n) is 7.70. The predicted octanol–water partition coefficient (Wildman–Crippen LogP) is 4.74. The molecule has 2 atom stereocenters. The molecule has 0 aliphatic carbocycles. The van der Waals surface area contributed by atoms with Crippen molar-refractivity contribution >= 4 is 27.9 Å². The first kappa shape index (κ1) is 22.0. The summed E-state index contributed by atoms with van der Waals surface area (Å²) in [5.74, 6) is 1.18. The highest BCUT2D eigenvalue weighted by Crippen LogP contribution is 2.38. The van der Waals surface area contributed by atoms with Crippen molar-refractivity contribution < 1.29 is 14.0 Å². The zero-order valence-corrected chi connectivity index (χ0v) is 19.5. The molecule has 0 aliphatic heterocycles. The van der Waals surface area contributed by atoms with E-state index in [2.05, 4.69) is 39.1 Å². The Bertz CT molecular complexity index is 1150. The van der Waals surface area contributed by atoms with Gasteiger partial charge in [-0.1, -0.05) is 48.5 Å². The second-order valence-corrected chi connectivity index (χ2v) is 9.25. The van der Waals surface area contributed by atoms with Crippen LogP contribution in [-0.2, 0) is 17.6 Å². The Labute approximate surface area is 191 Å². The minimum absolute atomic E-state index is 0.277. The molecule has 4 rings (SSSR count). The number of benzene rings is 3. The molecule has 0 bridgehead atoms. The van der Waals surface area contributed by atoms with Gasteiger partial charge in [-0.15, -0.1) is 0 Å². The third kappa shape index (κ3) is 4.40. The van der Waals surface area contributed by atoms with Crippen LogP contribution in [0.2, 0.25) is 0 Å². The lowest BCUT2D eigenvalue weighted by Gasteiger charge is -2.25. The second kappa shape index (κ2) is 9.54. The molecular weight excluding hydrogens is 422 g/mol. The fraction of sp³-hybridized carbons (Fsp3) is 0.240. The number of para-hydroxylation sites is 1. The van der Waals surface area contributed by atoms with Crippen molar-refractivity contribution in [3.63, 3.8) is 0 Å². The number of hydrogen-bond donors (Lipinski definition) is 1. The fourth-order valence-electron chi connectivity index (χ4n) is 3.84. The largest absolute Gasteiger partial charge is 0.609 e. The average molecular weight is 450 g/mol. The minimum atomic E-state index is -1.42. The summed E-state index contributed by atoms with van der Waals surface area (Å²) < 4.78 is 24.7. The van der Waals surface area contributed by atoms with Gasteiger partial charge in [0.25, 0.3) is 0 Å². The smallest absolute Gasteiger partial charge is 0.322 e. The van der Waals surface area contributed by atoms with Crippen LogP contribution in [-0.4, -0.2) is 42.8 Å². The van der Waals surface area contributed by atoms with E-state index >= 15 is 0 Å². The third-order valence-electron chi connectivity index (χ3n) is 5.44. The van der Waals surface area contributed by atoms with Crippen molar-refractivity contribution in [3.8, 4) is 11.5 Å². The molecule has 32 heavy (non-hydrogen) atoms. The van der Waals surface area contributed by atoms with Crippen LogP contribution in [0.1, 0.15) is 16.4 Å². The van der Waals surface area contributed by atoms with Gasteiger partial charge in [-0.2, -0.15) is 4.98 Å². The van der Waals surface area contributed by atoms with E-state index in [-0.39, 0.29) is 5.25 Å². The Balaban J connectivity index is 1.79. The fourth-order valence-corrected chi connectivity index (χ4v) is 5.28. The maximum absolute atomic E-state index is 13.9. The zero-order chi connectivity index (χ0) is 22.7. The van der Waals surface area contributed by atoms with Gasteiger partial charge in [0, 0.05) is 55.1 Å². The maximum Gasteiger partial charge on any atom is 0.322 e. The Morgan fingerprint density at radius 3 is 2.31 bits per heavy atom. The number of nitrogens with zero attached hydrogens (tertiary/aromatic N) is 2. The van der Waals surface area contributed by atoms with Crippen molar-refractivity contribution in [2.24, 2.45) is 0 Å². The van der Waals surface area contributed by atoms with Gasteiger partial charge in [-0.3, -0.25) is 4.98 Å². The molecule has 0 saturated carbocycles. The number of nitrogens with one attached hydrogen (secondary N) is 1. The van der Waals surface area contributed by atoms with Crippen molar-refractivity contribution in [2.75, 3.05) is 33.2 Å². The topological polar surface area (TPSA) is 73.4 Å². The van der Waals surface area contributed by atoms with E-state index in [1.165, 1.54) is 0 Å². The van der Waals surface area contributed by atoms with E-state index in [0.717, 1.165) is 22.3 Å². The van der Waals surface area contributed by atoms with Crippen molar-refractivity contribution in [3.05, 3.63) is 77.9 Å². The number of rotatable bonds is 8. The molecule has 7 heteroatoms. The molecule has 1 N–H and O–H groups in total. The van der Waals surface area contributed by atoms with Crippen LogP contribution in [0.25, 0.3) is 11.0 Å². The summed E-state index contributed by atoms with van der Waals surface area (Å²) in [6.45, 7) is 0. The lowest BCUT2D eigenvalue weighted by atomic mass is 10.0. The predicted molar refractivity (Wildman–Crippen MR) is 129 cm³/mol. The number of ether oxygens (including phenoxy) is 2. The standard InChI is InChI=1S/C25H27N3O3S/c1-28(2)21-13-9-8-12-18(21)24(14-17-10-6-5-7-11-17)32(29)25-26-19-15-22(30-3)23(31-4)16-20(19)27-25/h5-13,15-16,24H,14H2,1-4H3,(H,26,27). The first-order chi connectivity index (χ1) is 15.5. The summed E-state index contributed by atoms with van der Waals surface area (Å²) in [4.78, 5) is 9.95. The molecule has 0 saturated heterocycles. The molecule has 6 nitrogen and oxygen atoms in total. The summed E-state index contributed by atoms with van der Waals surface area (Å²) in [7, 11) is 7.18. The summed E-state index contributed by atoms with van der Waals surface area (Å²) in [5.41, 5.74) is 4.63. The van der Waals surface area contributed by atoms with Gasteiger partial charge in [-0.05, 0) is 11.6 Å². The summed E-state index contributed by atoms with van der Waals surface area (Å²) >= 11 is -1.42. The highest BCUT2D eigenvalue weighted by atomic mass is 32.2. The SMILES string of the molecule is COc1cc2nc([S+]([O-])C(Cc3ccccc3)c3ccccc3N(C)C)[nH]c2cc1OC.